The summed E-state index contributed by atoms with van der Waals surface area (Å²) in [4.78, 5) is 39.8. The normalized spacial score (nSPS) is 11.5. The number of nitrogens with zero attached hydrogens (tertiary/aromatic N) is 2. The first-order valence-electron chi connectivity index (χ1n) is 7.63. The van der Waals surface area contributed by atoms with Crippen LogP contribution in [0.4, 0.5) is 0 Å². The zero-order valence-corrected chi connectivity index (χ0v) is 14.7. The minimum absolute atomic E-state index is 0.00825. The molecule has 2 rings (SSSR count). The molecule has 0 unspecified atom stereocenters. The maximum atomic E-state index is 12.4. The fraction of sp³-hybridized carbons (Fsp3) is 0.412. The van der Waals surface area contributed by atoms with Crippen LogP contribution in [-0.2, 0) is 16.1 Å². The Morgan fingerprint density at radius 3 is 2.71 bits per heavy atom. The van der Waals surface area contributed by atoms with Crippen LogP contribution < -0.4 is 10.9 Å². The third-order valence-corrected chi connectivity index (χ3v) is 3.77. The molecule has 128 valence electrons. The van der Waals surface area contributed by atoms with E-state index in [2.05, 4.69) is 10.3 Å². The molecule has 1 heterocycles. The number of Topliss-reactive ketones (excluding diaryl/α,β-unsaturated/α-hetero) is 1. The Morgan fingerprint density at radius 2 is 2.04 bits per heavy atom. The number of carbonyl (C=O) groups excluding carboxylic acids is 2. The van der Waals surface area contributed by atoms with Gasteiger partial charge in [0.15, 0.2) is 0 Å². The van der Waals surface area contributed by atoms with Gasteiger partial charge in [-0.25, -0.2) is 4.98 Å². The number of amides is 1. The fourth-order valence-electron chi connectivity index (χ4n) is 2.62. The Morgan fingerprint density at radius 1 is 1.33 bits per heavy atom. The molecular formula is C17H20ClN3O3. The van der Waals surface area contributed by atoms with Crippen molar-refractivity contribution in [2.75, 3.05) is 0 Å². The molecular weight excluding hydrogens is 330 g/mol. The first-order chi connectivity index (χ1) is 11.2. The minimum Gasteiger partial charge on any atom is -0.351 e. The molecule has 1 amide bonds. The minimum atomic E-state index is -0.605. The van der Waals surface area contributed by atoms with E-state index in [1.807, 2.05) is 0 Å². The van der Waals surface area contributed by atoms with Gasteiger partial charge in [0.1, 0.15) is 5.78 Å². The van der Waals surface area contributed by atoms with Crippen molar-refractivity contribution in [3.05, 3.63) is 39.9 Å². The second-order valence-electron chi connectivity index (χ2n) is 6.47. The smallest absolute Gasteiger partial charge is 0.261 e. The Hall–Kier alpha value is -2.21. The van der Waals surface area contributed by atoms with Crippen molar-refractivity contribution < 1.29 is 9.59 Å². The molecule has 0 saturated heterocycles. The lowest BCUT2D eigenvalue weighted by atomic mass is 9.98. The number of halogens is 1. The number of rotatable bonds is 6. The lowest BCUT2D eigenvalue weighted by Gasteiger charge is -2.25. The molecule has 0 aliphatic heterocycles. The van der Waals surface area contributed by atoms with Gasteiger partial charge < -0.3 is 5.32 Å². The second-order valence-corrected chi connectivity index (χ2v) is 6.90. The summed E-state index contributed by atoms with van der Waals surface area (Å²) in [6.45, 7) is 5.28. The maximum Gasteiger partial charge on any atom is 0.261 e. The largest absolute Gasteiger partial charge is 0.351 e. The van der Waals surface area contributed by atoms with E-state index in [9.17, 15) is 14.4 Å². The lowest BCUT2D eigenvalue weighted by molar-refractivity contribution is -0.123. The number of benzene rings is 1. The molecule has 1 aromatic heterocycles. The van der Waals surface area contributed by atoms with E-state index in [1.54, 1.807) is 32.0 Å². The van der Waals surface area contributed by atoms with Gasteiger partial charge in [-0.15, -0.1) is 0 Å². The van der Waals surface area contributed by atoms with Gasteiger partial charge in [0, 0.05) is 29.9 Å². The fourth-order valence-corrected chi connectivity index (χ4v) is 2.79. The summed E-state index contributed by atoms with van der Waals surface area (Å²) in [7, 11) is 0. The summed E-state index contributed by atoms with van der Waals surface area (Å²) >= 11 is 5.89. The van der Waals surface area contributed by atoms with E-state index in [4.69, 9.17) is 11.6 Å². The van der Waals surface area contributed by atoms with Crippen LogP contribution in [0.2, 0.25) is 5.02 Å². The van der Waals surface area contributed by atoms with E-state index in [-0.39, 0.29) is 36.6 Å². The van der Waals surface area contributed by atoms with Gasteiger partial charge in [-0.2, -0.15) is 0 Å². The summed E-state index contributed by atoms with van der Waals surface area (Å²) in [6, 6.07) is 4.88. The molecule has 1 N–H and O–H groups in total. The molecule has 0 atom stereocenters. The van der Waals surface area contributed by atoms with Gasteiger partial charge >= 0.3 is 0 Å². The van der Waals surface area contributed by atoms with Gasteiger partial charge in [-0.3, -0.25) is 19.0 Å². The standard InChI is InChI=1S/C17H20ClN3O3/c1-11(22)9-17(2,3)20-15(23)6-7-21-10-19-14-8-12(18)4-5-13(14)16(21)24/h4-5,8,10H,6-7,9H2,1-3H3,(H,20,23). The highest BCUT2D eigenvalue weighted by Crippen LogP contribution is 2.14. The molecule has 2 aromatic rings. The molecule has 0 fully saturated rings. The maximum absolute atomic E-state index is 12.4. The lowest BCUT2D eigenvalue weighted by Crippen LogP contribution is -2.45. The summed E-state index contributed by atoms with van der Waals surface area (Å²) in [6.07, 6.45) is 1.80. The Kier molecular flexibility index (Phi) is 5.39. The van der Waals surface area contributed by atoms with Crippen molar-refractivity contribution in [1.29, 1.82) is 0 Å². The zero-order valence-electron chi connectivity index (χ0n) is 13.9. The first kappa shape index (κ1) is 18.1. The molecule has 0 spiro atoms. The molecule has 6 nitrogen and oxygen atoms in total. The summed E-state index contributed by atoms with van der Waals surface area (Å²) in [5.41, 5.74) is -0.296. The molecule has 1 aromatic carbocycles. The molecule has 0 aliphatic carbocycles. The second kappa shape index (κ2) is 7.13. The van der Waals surface area contributed by atoms with Crippen LogP contribution in [0.1, 0.15) is 33.6 Å². The Bertz CT molecular complexity index is 843. The van der Waals surface area contributed by atoms with Crippen molar-refractivity contribution in [2.45, 2.75) is 45.7 Å². The number of hydrogen-bond donors (Lipinski definition) is 1. The van der Waals surface area contributed by atoms with Crippen LogP contribution in [0.25, 0.3) is 10.9 Å². The Labute approximate surface area is 144 Å². The number of aryl methyl sites for hydroxylation is 1. The van der Waals surface area contributed by atoms with Crippen LogP contribution in [0.3, 0.4) is 0 Å². The third-order valence-electron chi connectivity index (χ3n) is 3.54. The van der Waals surface area contributed by atoms with Gasteiger partial charge in [0.05, 0.1) is 17.2 Å². The number of carbonyl (C=O) groups is 2. The average Bonchev–Trinajstić information content (AvgIpc) is 2.44. The van der Waals surface area contributed by atoms with Crippen LogP contribution in [0.5, 0.6) is 0 Å². The van der Waals surface area contributed by atoms with Gasteiger partial charge in [0.25, 0.3) is 5.56 Å². The summed E-state index contributed by atoms with van der Waals surface area (Å²) in [5, 5.41) is 3.78. The van der Waals surface area contributed by atoms with Crippen LogP contribution in [0.15, 0.2) is 29.3 Å². The van der Waals surface area contributed by atoms with Crippen LogP contribution in [0, 0.1) is 0 Å². The van der Waals surface area contributed by atoms with Crippen molar-refractivity contribution in [1.82, 2.24) is 14.9 Å². The number of nitrogens with one attached hydrogen (secondary N) is 1. The van der Waals surface area contributed by atoms with E-state index in [0.717, 1.165) is 0 Å². The highest BCUT2D eigenvalue weighted by Gasteiger charge is 2.22. The quantitative estimate of drug-likeness (QED) is 0.867. The summed E-state index contributed by atoms with van der Waals surface area (Å²) in [5.74, 6) is -0.210. The predicted molar refractivity (Wildman–Crippen MR) is 93.1 cm³/mol. The first-order valence-corrected chi connectivity index (χ1v) is 8.01. The van der Waals surface area contributed by atoms with Crippen molar-refractivity contribution in [3.63, 3.8) is 0 Å². The number of aromatic nitrogens is 2. The zero-order chi connectivity index (χ0) is 17.9. The molecule has 0 bridgehead atoms. The SMILES string of the molecule is CC(=O)CC(C)(C)NC(=O)CCn1cnc2cc(Cl)ccc2c1=O. The topological polar surface area (TPSA) is 81.1 Å². The van der Waals surface area contributed by atoms with Gasteiger partial charge in [-0.1, -0.05) is 11.6 Å². The molecule has 0 radical (unpaired) electrons. The number of fused-ring (bicyclic) bond motifs is 1. The predicted octanol–water partition coefficient (Wildman–Crippen LogP) is 2.31. The number of hydrogen-bond acceptors (Lipinski definition) is 4. The van der Waals surface area contributed by atoms with E-state index in [0.29, 0.717) is 15.9 Å². The average molecular weight is 350 g/mol. The third kappa shape index (κ3) is 4.64. The molecule has 24 heavy (non-hydrogen) atoms. The van der Waals surface area contributed by atoms with Gasteiger partial charge in [0.2, 0.25) is 5.91 Å². The number of ketones is 1. The highest BCUT2D eigenvalue weighted by atomic mass is 35.5. The Balaban J connectivity index is 2.07. The monoisotopic (exact) mass is 349 g/mol. The molecule has 0 saturated carbocycles. The molecule has 0 aliphatic rings. The van der Waals surface area contributed by atoms with Crippen molar-refractivity contribution in [2.24, 2.45) is 0 Å². The highest BCUT2D eigenvalue weighted by molar-refractivity contribution is 6.31. The van der Waals surface area contributed by atoms with Crippen molar-refractivity contribution >= 4 is 34.2 Å². The van der Waals surface area contributed by atoms with Gasteiger partial charge in [-0.05, 0) is 39.0 Å². The summed E-state index contributed by atoms with van der Waals surface area (Å²) < 4.78 is 1.40. The van der Waals surface area contributed by atoms with E-state index >= 15 is 0 Å². The van der Waals surface area contributed by atoms with E-state index < -0.39 is 5.54 Å². The molecule has 7 heteroatoms. The van der Waals surface area contributed by atoms with Crippen molar-refractivity contribution in [3.8, 4) is 0 Å². The van der Waals surface area contributed by atoms with E-state index in [1.165, 1.54) is 17.8 Å². The van der Waals surface area contributed by atoms with Crippen LogP contribution >= 0.6 is 11.6 Å². The van der Waals surface area contributed by atoms with Crippen LogP contribution in [-0.4, -0.2) is 26.8 Å².